The molecule has 38 valence electrons. The van der Waals surface area contributed by atoms with Crippen molar-refractivity contribution in [1.29, 1.82) is 0 Å². The third-order valence-electron chi connectivity index (χ3n) is 0.474. The molecule has 0 aliphatic heterocycles. The fourth-order valence-electron chi connectivity index (χ4n) is 0. The predicted octanol–water partition coefficient (Wildman–Crippen LogP) is 1.02. The van der Waals surface area contributed by atoms with Crippen LogP contribution in [0.15, 0.2) is 0 Å². The third kappa shape index (κ3) is 3.96. The quantitative estimate of drug-likeness (QED) is 0.470. The molecule has 0 aromatic carbocycles. The monoisotopic (exact) mass is 89.1 g/mol. The van der Waals surface area contributed by atoms with E-state index in [1.54, 1.807) is 0 Å². The second-order valence-electron chi connectivity index (χ2n) is 2.72. The van der Waals surface area contributed by atoms with Gasteiger partial charge in [-0.25, -0.2) is 0 Å². The van der Waals surface area contributed by atoms with Crippen molar-refractivity contribution in [3.8, 4) is 0 Å². The lowest BCUT2D eigenvalue weighted by Gasteiger charge is -2.11. The average Bonchev–Trinajstić information content (AvgIpc) is 1.35. The molecule has 0 atom stereocenters. The topological polar surface area (TPSA) is 20.2 Å². The van der Waals surface area contributed by atoms with E-state index in [2.05, 4.69) is 0 Å². The highest BCUT2D eigenvalue weighted by Crippen LogP contribution is 2.09. The maximum atomic E-state index is 8.40. The molecule has 0 heterocycles. The van der Waals surface area contributed by atoms with Crippen LogP contribution in [0.25, 0.3) is 0 Å². The van der Waals surface area contributed by atoms with Crippen molar-refractivity contribution in [3.05, 3.63) is 0 Å². The summed E-state index contributed by atoms with van der Waals surface area (Å²) < 4.78 is 0. The first-order valence-corrected chi connectivity index (χ1v) is 2.17. The van der Waals surface area contributed by atoms with Gasteiger partial charge < -0.3 is 5.11 Å². The molecule has 6 heavy (non-hydrogen) atoms. The van der Waals surface area contributed by atoms with Crippen molar-refractivity contribution in [2.75, 3.05) is 6.61 Å². The minimum absolute atomic E-state index is 0.0972. The molecule has 0 saturated heterocycles. The molecule has 0 radical (unpaired) electrons. The van der Waals surface area contributed by atoms with E-state index in [0.717, 1.165) is 0 Å². The Morgan fingerprint density at radius 2 is 1.50 bits per heavy atom. The summed E-state index contributed by atoms with van der Waals surface area (Å²) in [5, 5.41) is 8.40. The molecule has 1 nitrogen and oxygen atoms in total. The minimum atomic E-state index is 0.0972. The Bertz CT molecular complexity index is 33.7. The first-order valence-electron chi connectivity index (χ1n) is 2.17. The maximum absolute atomic E-state index is 8.40. The van der Waals surface area contributed by atoms with Crippen LogP contribution in [0.4, 0.5) is 0 Å². The molecular formula is C5H12O. The molecule has 0 aromatic heterocycles. The van der Waals surface area contributed by atoms with Gasteiger partial charge in [0.2, 0.25) is 0 Å². The molecular weight excluding hydrogens is 77.1 g/mol. The molecule has 0 amide bonds. The van der Waals surface area contributed by atoms with Gasteiger partial charge >= 0.3 is 0 Å². The third-order valence-corrected chi connectivity index (χ3v) is 0.474. The summed E-state index contributed by atoms with van der Waals surface area (Å²) in [6.07, 6.45) is 0. The molecule has 0 fully saturated rings. The van der Waals surface area contributed by atoms with Crippen molar-refractivity contribution < 1.29 is 5.11 Å². The van der Waals surface area contributed by atoms with Crippen LogP contribution in [0.3, 0.4) is 0 Å². The molecule has 1 heteroatoms. The Labute approximate surface area is 39.0 Å². The maximum Gasteiger partial charge on any atom is 0.0479 e. The highest BCUT2D eigenvalue weighted by atomic mass is 17.2. The number of aliphatic hydroxyl groups excluding tert-OH is 1. The summed E-state index contributed by atoms with van der Waals surface area (Å²) in [5.41, 5.74) is 0.0972. The Kier molecular flexibility index (Phi) is 1.59. The van der Waals surface area contributed by atoms with Crippen LogP contribution < -0.4 is 0 Å². The highest BCUT2D eigenvalue weighted by molar-refractivity contribution is 4.55. The molecule has 0 spiro atoms. The van der Waals surface area contributed by atoms with E-state index in [-0.39, 0.29) is 12.0 Å². The summed E-state index contributed by atoms with van der Waals surface area (Å²) in [4.78, 5) is 0. The number of rotatable bonds is 0. The van der Waals surface area contributed by atoms with Crippen molar-refractivity contribution in [2.24, 2.45) is 5.41 Å². The minimum Gasteiger partial charge on any atom is -0.396 e. The van der Waals surface area contributed by atoms with Gasteiger partial charge in [0.25, 0.3) is 0 Å². The zero-order chi connectivity index (χ0) is 5.21. The SMILES string of the molecule is CC(C)(C)C[17OH]. The van der Waals surface area contributed by atoms with Gasteiger partial charge in [0.1, 0.15) is 0 Å². The van der Waals surface area contributed by atoms with Crippen molar-refractivity contribution in [3.63, 3.8) is 0 Å². The van der Waals surface area contributed by atoms with Crippen LogP contribution in [-0.2, 0) is 0 Å². The lowest BCUT2D eigenvalue weighted by molar-refractivity contribution is 0.177. The van der Waals surface area contributed by atoms with Gasteiger partial charge in [0.15, 0.2) is 0 Å². The van der Waals surface area contributed by atoms with Gasteiger partial charge in [-0.3, -0.25) is 0 Å². The van der Waals surface area contributed by atoms with E-state index in [0.29, 0.717) is 0 Å². The van der Waals surface area contributed by atoms with E-state index in [4.69, 9.17) is 5.11 Å². The van der Waals surface area contributed by atoms with Gasteiger partial charge in [-0.2, -0.15) is 0 Å². The Hall–Kier alpha value is -0.0400. The summed E-state index contributed by atoms with van der Waals surface area (Å²) in [6, 6.07) is 0. The van der Waals surface area contributed by atoms with Crippen LogP contribution in [0.5, 0.6) is 0 Å². The lowest BCUT2D eigenvalue weighted by atomic mass is 9.99. The molecule has 0 saturated carbocycles. The van der Waals surface area contributed by atoms with Gasteiger partial charge in [-0.05, 0) is 5.41 Å². The van der Waals surface area contributed by atoms with Gasteiger partial charge in [-0.1, -0.05) is 20.8 Å². The standard InChI is InChI=1S/C5H12O/c1-5(2,3)4-6/h6H,4H2,1-3H3/i6+1. The molecule has 0 bridgehead atoms. The first-order chi connectivity index (χ1) is 2.56. The van der Waals surface area contributed by atoms with Gasteiger partial charge in [0, 0.05) is 6.61 Å². The van der Waals surface area contributed by atoms with Crippen LogP contribution in [-0.4, -0.2) is 11.7 Å². The summed E-state index contributed by atoms with van der Waals surface area (Å²) >= 11 is 0. The molecule has 0 rings (SSSR count). The van der Waals surface area contributed by atoms with E-state index in [9.17, 15) is 0 Å². The van der Waals surface area contributed by atoms with Gasteiger partial charge in [0.05, 0.1) is 0 Å². The van der Waals surface area contributed by atoms with E-state index >= 15 is 0 Å². The van der Waals surface area contributed by atoms with Crippen LogP contribution >= 0.6 is 0 Å². The highest BCUT2D eigenvalue weighted by Gasteiger charge is 2.05. The van der Waals surface area contributed by atoms with Crippen LogP contribution in [0.1, 0.15) is 20.8 Å². The fraction of sp³-hybridized carbons (Fsp3) is 1.00. The van der Waals surface area contributed by atoms with Crippen molar-refractivity contribution in [2.45, 2.75) is 20.8 Å². The van der Waals surface area contributed by atoms with E-state index < -0.39 is 0 Å². The summed E-state index contributed by atoms with van der Waals surface area (Å²) in [5.74, 6) is 0. The second kappa shape index (κ2) is 1.61. The largest absolute Gasteiger partial charge is 0.396 e. The summed E-state index contributed by atoms with van der Waals surface area (Å²) in [7, 11) is 0. The van der Waals surface area contributed by atoms with Crippen LogP contribution in [0, 0.1) is 5.41 Å². The van der Waals surface area contributed by atoms with E-state index in [1.165, 1.54) is 0 Å². The second-order valence-corrected chi connectivity index (χ2v) is 2.72. The van der Waals surface area contributed by atoms with E-state index in [1.807, 2.05) is 20.8 Å². The molecule has 1 N–H and O–H groups in total. The lowest BCUT2D eigenvalue weighted by Crippen LogP contribution is -2.09. The number of aliphatic hydroxyl groups is 1. The smallest absolute Gasteiger partial charge is 0.0479 e. The zero-order valence-corrected chi connectivity index (χ0v) is 4.65. The normalized spacial score (nSPS) is 12.0. The average molecular weight is 89.2 g/mol. The van der Waals surface area contributed by atoms with Crippen molar-refractivity contribution >= 4 is 0 Å². The zero-order valence-electron chi connectivity index (χ0n) is 4.65. The fourth-order valence-corrected chi connectivity index (χ4v) is 0. The summed E-state index contributed by atoms with van der Waals surface area (Å²) in [6.45, 7) is 6.25. The first kappa shape index (κ1) is 5.96. The molecule has 0 aliphatic rings. The Morgan fingerprint density at radius 3 is 1.50 bits per heavy atom. The Balaban J connectivity index is 3.17. The number of hydrogen-bond acceptors (Lipinski definition) is 1. The van der Waals surface area contributed by atoms with Crippen molar-refractivity contribution in [1.82, 2.24) is 0 Å². The van der Waals surface area contributed by atoms with Gasteiger partial charge in [-0.15, -0.1) is 0 Å². The molecule has 0 aliphatic carbocycles. The number of hydrogen-bond donors (Lipinski definition) is 1. The Morgan fingerprint density at radius 1 is 1.33 bits per heavy atom. The molecule has 0 aromatic rings. The predicted molar refractivity (Wildman–Crippen MR) is 26.5 cm³/mol. The van der Waals surface area contributed by atoms with Crippen LogP contribution in [0.2, 0.25) is 0 Å². The molecule has 0 unspecified atom stereocenters.